The van der Waals surface area contributed by atoms with Crippen LogP contribution in [0.5, 0.6) is 0 Å². The first-order chi connectivity index (χ1) is 5.66. The molecular weight excluding hydrogens is 158 g/mol. The zero-order valence-corrected chi connectivity index (χ0v) is 7.55. The zero-order chi connectivity index (χ0) is 9.40. The van der Waals surface area contributed by atoms with Crippen LogP contribution in [0.15, 0.2) is 0 Å². The van der Waals surface area contributed by atoms with Crippen molar-refractivity contribution in [1.82, 2.24) is 5.32 Å². The van der Waals surface area contributed by atoms with Crippen molar-refractivity contribution in [2.75, 3.05) is 19.8 Å². The Bertz CT molecular complexity index is 156. The molecule has 0 aromatic carbocycles. The van der Waals surface area contributed by atoms with Gasteiger partial charge in [0.15, 0.2) is 0 Å². The molecule has 0 atom stereocenters. The summed E-state index contributed by atoms with van der Waals surface area (Å²) in [6.45, 7) is 4.10. The number of amides is 1. The fraction of sp³-hybridized carbons (Fsp3) is 0.750. The third-order valence-electron chi connectivity index (χ3n) is 1.12. The maximum atomic E-state index is 10.8. The number of nitrogens with one attached hydrogen (secondary N) is 1. The van der Waals surface area contributed by atoms with Gasteiger partial charge in [0, 0.05) is 6.61 Å². The highest BCUT2D eigenvalue weighted by Gasteiger charge is 2.00. The molecule has 0 rings (SSSR count). The van der Waals surface area contributed by atoms with Crippen molar-refractivity contribution in [1.29, 1.82) is 0 Å². The normalized spacial score (nSPS) is 9.50. The summed E-state index contributed by atoms with van der Waals surface area (Å²) < 4.78 is 4.95. The summed E-state index contributed by atoms with van der Waals surface area (Å²) in [4.78, 5) is 21.3. The number of hydrogen-bond acceptors (Lipinski definition) is 3. The molecule has 0 heterocycles. The van der Waals surface area contributed by atoms with E-state index in [1.807, 2.05) is 6.92 Å². The fourth-order valence-electron chi connectivity index (χ4n) is 0.583. The summed E-state index contributed by atoms with van der Waals surface area (Å²) in [5.74, 6) is -0.294. The van der Waals surface area contributed by atoms with Crippen molar-refractivity contribution < 1.29 is 14.3 Å². The molecule has 0 aliphatic rings. The van der Waals surface area contributed by atoms with Crippen LogP contribution in [0, 0.1) is 0 Å². The van der Waals surface area contributed by atoms with Gasteiger partial charge in [0.2, 0.25) is 5.91 Å². The summed E-state index contributed by atoms with van der Waals surface area (Å²) in [5.41, 5.74) is 0. The smallest absolute Gasteiger partial charge is 0.246 e. The molecule has 0 aromatic heterocycles. The third kappa shape index (κ3) is 7.21. The molecule has 0 aromatic rings. The van der Waals surface area contributed by atoms with E-state index in [9.17, 15) is 9.59 Å². The molecule has 4 heteroatoms. The van der Waals surface area contributed by atoms with E-state index in [1.165, 1.54) is 6.92 Å². The van der Waals surface area contributed by atoms with Gasteiger partial charge in [-0.15, -0.1) is 0 Å². The van der Waals surface area contributed by atoms with E-state index < -0.39 is 0 Å². The van der Waals surface area contributed by atoms with Gasteiger partial charge in [-0.2, -0.15) is 0 Å². The van der Waals surface area contributed by atoms with Crippen LogP contribution in [0.2, 0.25) is 0 Å². The van der Waals surface area contributed by atoms with E-state index in [0.717, 1.165) is 6.42 Å². The van der Waals surface area contributed by atoms with Crippen LogP contribution in [0.4, 0.5) is 0 Å². The molecule has 0 fully saturated rings. The van der Waals surface area contributed by atoms with Crippen molar-refractivity contribution in [2.45, 2.75) is 20.3 Å². The van der Waals surface area contributed by atoms with E-state index in [1.54, 1.807) is 0 Å². The van der Waals surface area contributed by atoms with Gasteiger partial charge in [-0.1, -0.05) is 6.92 Å². The first-order valence-corrected chi connectivity index (χ1v) is 4.00. The average Bonchev–Trinajstić information content (AvgIpc) is 2.01. The zero-order valence-electron chi connectivity index (χ0n) is 7.55. The van der Waals surface area contributed by atoms with Gasteiger partial charge in [0.25, 0.3) is 0 Å². The standard InChI is InChI=1S/C8H15NO3/c1-3-4-12-6-8(11)9-5-7(2)10/h3-6H2,1-2H3,(H,9,11). The van der Waals surface area contributed by atoms with Crippen molar-refractivity contribution in [3.63, 3.8) is 0 Å². The van der Waals surface area contributed by atoms with Gasteiger partial charge < -0.3 is 10.1 Å². The number of carbonyl (C=O) groups is 2. The summed E-state index contributed by atoms with van der Waals surface area (Å²) in [6, 6.07) is 0. The number of hydrogen-bond donors (Lipinski definition) is 1. The molecule has 0 spiro atoms. The van der Waals surface area contributed by atoms with E-state index >= 15 is 0 Å². The Labute approximate surface area is 72.3 Å². The predicted molar refractivity (Wildman–Crippen MR) is 44.8 cm³/mol. The molecular formula is C8H15NO3. The first-order valence-electron chi connectivity index (χ1n) is 4.00. The van der Waals surface area contributed by atoms with Gasteiger partial charge in [0.1, 0.15) is 12.4 Å². The fourth-order valence-corrected chi connectivity index (χ4v) is 0.583. The van der Waals surface area contributed by atoms with E-state index in [-0.39, 0.29) is 24.8 Å². The second-order valence-corrected chi connectivity index (χ2v) is 2.53. The third-order valence-corrected chi connectivity index (χ3v) is 1.12. The molecule has 0 bridgehead atoms. The Balaban J connectivity index is 3.28. The van der Waals surface area contributed by atoms with Crippen LogP contribution in [0.1, 0.15) is 20.3 Å². The summed E-state index contributed by atoms with van der Waals surface area (Å²) in [5, 5.41) is 2.43. The van der Waals surface area contributed by atoms with Crippen LogP contribution in [-0.2, 0) is 14.3 Å². The number of rotatable bonds is 6. The van der Waals surface area contributed by atoms with Crippen molar-refractivity contribution in [3.05, 3.63) is 0 Å². The lowest BCUT2D eigenvalue weighted by Crippen LogP contribution is -2.31. The molecule has 0 saturated carbocycles. The topological polar surface area (TPSA) is 55.4 Å². The molecule has 0 aliphatic heterocycles. The largest absolute Gasteiger partial charge is 0.372 e. The molecule has 1 amide bonds. The summed E-state index contributed by atoms with van der Waals surface area (Å²) >= 11 is 0. The SMILES string of the molecule is CCCOCC(=O)NCC(C)=O. The van der Waals surface area contributed by atoms with Crippen LogP contribution >= 0.6 is 0 Å². The quantitative estimate of drug-likeness (QED) is 0.580. The first kappa shape index (κ1) is 11.1. The maximum absolute atomic E-state index is 10.8. The highest BCUT2D eigenvalue weighted by molar-refractivity contribution is 5.84. The summed E-state index contributed by atoms with van der Waals surface area (Å²) in [7, 11) is 0. The monoisotopic (exact) mass is 173 g/mol. The molecule has 0 saturated heterocycles. The Morgan fingerprint density at radius 1 is 1.42 bits per heavy atom. The Morgan fingerprint density at radius 2 is 2.08 bits per heavy atom. The lowest BCUT2D eigenvalue weighted by atomic mass is 10.4. The number of carbonyl (C=O) groups excluding carboxylic acids is 2. The van der Waals surface area contributed by atoms with Crippen LogP contribution in [-0.4, -0.2) is 31.4 Å². The molecule has 1 N–H and O–H groups in total. The Hall–Kier alpha value is -0.900. The number of Topliss-reactive ketones (excluding diaryl/α,β-unsaturated/α-hetero) is 1. The van der Waals surface area contributed by atoms with Crippen molar-refractivity contribution >= 4 is 11.7 Å². The maximum Gasteiger partial charge on any atom is 0.246 e. The Kier molecular flexibility index (Phi) is 6.28. The van der Waals surface area contributed by atoms with Crippen LogP contribution in [0.25, 0.3) is 0 Å². The summed E-state index contributed by atoms with van der Waals surface area (Å²) in [6.07, 6.45) is 0.889. The minimum Gasteiger partial charge on any atom is -0.372 e. The predicted octanol–water partition coefficient (Wildman–Crippen LogP) is 0.118. The van der Waals surface area contributed by atoms with Crippen molar-refractivity contribution in [2.24, 2.45) is 0 Å². The second-order valence-electron chi connectivity index (χ2n) is 2.53. The highest BCUT2D eigenvalue weighted by atomic mass is 16.5. The second kappa shape index (κ2) is 6.79. The number of ketones is 1. The minimum atomic E-state index is -0.237. The van der Waals surface area contributed by atoms with Crippen molar-refractivity contribution in [3.8, 4) is 0 Å². The lowest BCUT2D eigenvalue weighted by molar-refractivity contribution is -0.128. The number of ether oxygens (including phenoxy) is 1. The van der Waals surface area contributed by atoms with Gasteiger partial charge in [-0.05, 0) is 13.3 Å². The highest BCUT2D eigenvalue weighted by Crippen LogP contribution is 1.79. The lowest BCUT2D eigenvalue weighted by Gasteiger charge is -2.02. The van der Waals surface area contributed by atoms with Crippen LogP contribution in [0.3, 0.4) is 0 Å². The molecule has 4 nitrogen and oxygen atoms in total. The molecule has 12 heavy (non-hydrogen) atoms. The van der Waals surface area contributed by atoms with Gasteiger partial charge >= 0.3 is 0 Å². The van der Waals surface area contributed by atoms with Gasteiger partial charge in [-0.25, -0.2) is 0 Å². The van der Waals surface area contributed by atoms with E-state index in [0.29, 0.717) is 6.61 Å². The molecule has 70 valence electrons. The van der Waals surface area contributed by atoms with E-state index in [4.69, 9.17) is 4.74 Å². The Morgan fingerprint density at radius 3 is 2.58 bits per heavy atom. The van der Waals surface area contributed by atoms with Crippen LogP contribution < -0.4 is 5.32 Å². The molecule has 0 radical (unpaired) electrons. The molecule has 0 aliphatic carbocycles. The average molecular weight is 173 g/mol. The minimum absolute atomic E-state index is 0.0428. The van der Waals surface area contributed by atoms with Gasteiger partial charge in [-0.3, -0.25) is 9.59 Å². The van der Waals surface area contributed by atoms with Gasteiger partial charge in [0.05, 0.1) is 6.54 Å². The van der Waals surface area contributed by atoms with E-state index in [2.05, 4.69) is 5.32 Å². The molecule has 0 unspecified atom stereocenters.